The molecule has 0 bridgehead atoms. The van der Waals surface area contributed by atoms with Gasteiger partial charge in [0.15, 0.2) is 0 Å². The zero-order chi connectivity index (χ0) is 16.0. The van der Waals surface area contributed by atoms with Crippen molar-refractivity contribution >= 4 is 0 Å². The van der Waals surface area contributed by atoms with Crippen molar-refractivity contribution in [3.05, 3.63) is 29.3 Å². The van der Waals surface area contributed by atoms with Crippen molar-refractivity contribution in [3.8, 4) is 5.75 Å². The fourth-order valence-corrected chi connectivity index (χ4v) is 2.01. The largest absolute Gasteiger partial charge is 0.496 e. The number of likely N-dealkylation sites (N-methyl/N-ethyl adjacent to an activating group) is 1. The lowest BCUT2D eigenvalue weighted by atomic mass is 10.0. The zero-order valence-electron chi connectivity index (χ0n) is 14.5. The first kappa shape index (κ1) is 18.0. The van der Waals surface area contributed by atoms with Gasteiger partial charge in [-0.25, -0.2) is 0 Å². The van der Waals surface area contributed by atoms with Gasteiger partial charge in [0.2, 0.25) is 0 Å². The fraction of sp³-hybridized carbons (Fsp3) is 0.647. The van der Waals surface area contributed by atoms with Crippen molar-refractivity contribution in [2.75, 3.05) is 34.9 Å². The molecular formula is C17H30N2O2. The topological polar surface area (TPSA) is 33.7 Å². The molecule has 1 rings (SSSR count). The molecule has 1 aromatic rings. The summed E-state index contributed by atoms with van der Waals surface area (Å²) in [6.45, 7) is 8.14. The van der Waals surface area contributed by atoms with Crippen LogP contribution in [0.4, 0.5) is 0 Å². The average molecular weight is 294 g/mol. The Morgan fingerprint density at radius 1 is 1.24 bits per heavy atom. The van der Waals surface area contributed by atoms with E-state index in [1.807, 2.05) is 6.07 Å². The molecule has 0 radical (unpaired) electrons. The molecule has 0 aromatic heterocycles. The Labute approximate surface area is 129 Å². The van der Waals surface area contributed by atoms with Crippen LogP contribution in [0.2, 0.25) is 0 Å². The molecule has 0 amide bonds. The van der Waals surface area contributed by atoms with E-state index < -0.39 is 0 Å². The molecule has 120 valence electrons. The van der Waals surface area contributed by atoms with Crippen LogP contribution in [0.25, 0.3) is 0 Å². The molecule has 0 aliphatic rings. The SMILES string of the molecule is COCc1cc(C(C)NCC(C)(C)N(C)C)ccc1OC. The summed E-state index contributed by atoms with van der Waals surface area (Å²) in [7, 11) is 7.61. The van der Waals surface area contributed by atoms with Crippen LogP contribution in [-0.4, -0.2) is 45.3 Å². The molecule has 21 heavy (non-hydrogen) atoms. The van der Waals surface area contributed by atoms with Crippen LogP contribution in [0.3, 0.4) is 0 Å². The smallest absolute Gasteiger partial charge is 0.124 e. The van der Waals surface area contributed by atoms with Gasteiger partial charge in [-0.05, 0) is 52.6 Å². The van der Waals surface area contributed by atoms with Crippen molar-refractivity contribution < 1.29 is 9.47 Å². The molecule has 0 aliphatic carbocycles. The lowest BCUT2D eigenvalue weighted by Crippen LogP contribution is -2.47. The van der Waals surface area contributed by atoms with Crippen molar-refractivity contribution in [2.45, 2.75) is 39.0 Å². The first-order valence-corrected chi connectivity index (χ1v) is 7.38. The summed E-state index contributed by atoms with van der Waals surface area (Å²) in [5, 5.41) is 3.60. The van der Waals surface area contributed by atoms with Crippen LogP contribution in [0.5, 0.6) is 5.75 Å². The third kappa shape index (κ3) is 4.99. The molecule has 4 heteroatoms. The summed E-state index contributed by atoms with van der Waals surface area (Å²) in [5.74, 6) is 0.876. The number of nitrogens with zero attached hydrogens (tertiary/aromatic N) is 1. The third-order valence-electron chi connectivity index (χ3n) is 4.16. The molecule has 0 heterocycles. The number of ether oxygens (including phenoxy) is 2. The number of nitrogens with one attached hydrogen (secondary N) is 1. The summed E-state index contributed by atoms with van der Waals surface area (Å²) < 4.78 is 10.6. The van der Waals surface area contributed by atoms with E-state index in [1.165, 1.54) is 5.56 Å². The van der Waals surface area contributed by atoms with Gasteiger partial charge in [-0.1, -0.05) is 6.07 Å². The molecule has 0 fully saturated rings. The van der Waals surface area contributed by atoms with Gasteiger partial charge in [-0.2, -0.15) is 0 Å². The fourth-order valence-electron chi connectivity index (χ4n) is 2.01. The van der Waals surface area contributed by atoms with Crippen LogP contribution in [0.15, 0.2) is 18.2 Å². The summed E-state index contributed by atoms with van der Waals surface area (Å²) in [5.41, 5.74) is 2.45. The quantitative estimate of drug-likeness (QED) is 0.799. The molecule has 1 unspecified atom stereocenters. The molecule has 0 spiro atoms. The first-order valence-electron chi connectivity index (χ1n) is 7.38. The maximum Gasteiger partial charge on any atom is 0.124 e. The van der Waals surface area contributed by atoms with Gasteiger partial charge in [0.1, 0.15) is 5.75 Å². The number of benzene rings is 1. The monoisotopic (exact) mass is 294 g/mol. The second kappa shape index (κ2) is 7.78. The van der Waals surface area contributed by atoms with E-state index in [0.717, 1.165) is 17.9 Å². The summed E-state index contributed by atoms with van der Waals surface area (Å²) in [6.07, 6.45) is 0. The highest BCUT2D eigenvalue weighted by Gasteiger charge is 2.21. The van der Waals surface area contributed by atoms with E-state index in [-0.39, 0.29) is 11.6 Å². The molecule has 1 atom stereocenters. The Morgan fingerprint density at radius 3 is 2.43 bits per heavy atom. The van der Waals surface area contributed by atoms with Gasteiger partial charge in [0.05, 0.1) is 13.7 Å². The highest BCUT2D eigenvalue weighted by atomic mass is 16.5. The molecule has 0 saturated carbocycles. The van der Waals surface area contributed by atoms with Gasteiger partial charge in [0.25, 0.3) is 0 Å². The van der Waals surface area contributed by atoms with Gasteiger partial charge in [-0.15, -0.1) is 0 Å². The highest BCUT2D eigenvalue weighted by molar-refractivity contribution is 5.38. The van der Waals surface area contributed by atoms with Crippen molar-refractivity contribution in [1.29, 1.82) is 0 Å². The lowest BCUT2D eigenvalue weighted by Gasteiger charge is -2.34. The van der Waals surface area contributed by atoms with E-state index >= 15 is 0 Å². The molecular weight excluding hydrogens is 264 g/mol. The number of hydrogen-bond donors (Lipinski definition) is 1. The predicted octanol–water partition coefficient (Wildman–Crippen LogP) is 2.83. The second-order valence-electron chi connectivity index (χ2n) is 6.31. The second-order valence-corrected chi connectivity index (χ2v) is 6.31. The van der Waals surface area contributed by atoms with E-state index in [0.29, 0.717) is 6.61 Å². The van der Waals surface area contributed by atoms with Crippen molar-refractivity contribution in [2.24, 2.45) is 0 Å². The van der Waals surface area contributed by atoms with Crippen LogP contribution < -0.4 is 10.1 Å². The van der Waals surface area contributed by atoms with Gasteiger partial charge >= 0.3 is 0 Å². The van der Waals surface area contributed by atoms with Crippen LogP contribution in [-0.2, 0) is 11.3 Å². The number of hydrogen-bond acceptors (Lipinski definition) is 4. The third-order valence-corrected chi connectivity index (χ3v) is 4.16. The minimum atomic E-state index is 0.121. The normalized spacial score (nSPS) is 13.5. The van der Waals surface area contributed by atoms with E-state index in [1.54, 1.807) is 14.2 Å². The Hall–Kier alpha value is -1.10. The maximum atomic E-state index is 5.37. The summed E-state index contributed by atoms with van der Waals surface area (Å²) >= 11 is 0. The summed E-state index contributed by atoms with van der Waals surface area (Å²) in [4.78, 5) is 2.23. The number of methoxy groups -OCH3 is 2. The van der Waals surface area contributed by atoms with Crippen LogP contribution in [0, 0.1) is 0 Å². The molecule has 0 saturated heterocycles. The lowest BCUT2D eigenvalue weighted by molar-refractivity contribution is 0.181. The van der Waals surface area contributed by atoms with E-state index in [4.69, 9.17) is 9.47 Å². The van der Waals surface area contributed by atoms with Gasteiger partial charge in [-0.3, -0.25) is 0 Å². The Bertz CT molecular complexity index is 444. The minimum Gasteiger partial charge on any atom is -0.496 e. The van der Waals surface area contributed by atoms with Crippen LogP contribution in [0.1, 0.15) is 37.9 Å². The zero-order valence-corrected chi connectivity index (χ0v) is 14.5. The van der Waals surface area contributed by atoms with Crippen LogP contribution >= 0.6 is 0 Å². The molecule has 1 aromatic carbocycles. The van der Waals surface area contributed by atoms with E-state index in [2.05, 4.69) is 57.2 Å². The Morgan fingerprint density at radius 2 is 1.90 bits per heavy atom. The van der Waals surface area contributed by atoms with Gasteiger partial charge < -0.3 is 19.7 Å². The Kier molecular flexibility index (Phi) is 6.65. The molecule has 1 N–H and O–H groups in total. The van der Waals surface area contributed by atoms with Crippen molar-refractivity contribution in [3.63, 3.8) is 0 Å². The minimum absolute atomic E-state index is 0.121. The highest BCUT2D eigenvalue weighted by Crippen LogP contribution is 2.24. The molecule has 0 aliphatic heterocycles. The standard InChI is InChI=1S/C17H30N2O2/c1-13(18-12-17(2,3)19(4)5)14-8-9-16(21-7)15(10-14)11-20-6/h8-10,13,18H,11-12H2,1-7H3. The number of rotatable bonds is 8. The Balaban J connectivity index is 2.78. The van der Waals surface area contributed by atoms with Gasteiger partial charge in [0, 0.05) is 30.8 Å². The molecule has 4 nitrogen and oxygen atoms in total. The summed E-state index contributed by atoms with van der Waals surface area (Å²) in [6, 6.07) is 6.56. The maximum absolute atomic E-state index is 5.37. The average Bonchev–Trinajstić information content (AvgIpc) is 2.45. The first-order chi connectivity index (χ1) is 9.81. The van der Waals surface area contributed by atoms with E-state index in [9.17, 15) is 0 Å². The van der Waals surface area contributed by atoms with Crippen molar-refractivity contribution in [1.82, 2.24) is 10.2 Å². The predicted molar refractivity (Wildman–Crippen MR) is 87.9 cm³/mol.